The van der Waals surface area contributed by atoms with Gasteiger partial charge < -0.3 is 10.1 Å². The van der Waals surface area contributed by atoms with E-state index in [0.717, 1.165) is 5.69 Å². The summed E-state index contributed by atoms with van der Waals surface area (Å²) in [7, 11) is 0. The fourth-order valence-corrected chi connectivity index (χ4v) is 1.53. The van der Waals surface area contributed by atoms with E-state index in [1.165, 1.54) is 0 Å². The molecule has 1 N–H and O–H groups in total. The lowest BCUT2D eigenvalue weighted by atomic mass is 10.2. The molecule has 4 heteroatoms. The van der Waals surface area contributed by atoms with Gasteiger partial charge in [-0.3, -0.25) is 0 Å². The first-order chi connectivity index (χ1) is 7.38. The second-order valence-electron chi connectivity index (χ2n) is 4.51. The molecule has 0 heterocycles. The predicted molar refractivity (Wildman–Crippen MR) is 70.7 cm³/mol. The van der Waals surface area contributed by atoms with Gasteiger partial charge >= 0.3 is 0 Å². The van der Waals surface area contributed by atoms with E-state index in [0.29, 0.717) is 23.2 Å². The summed E-state index contributed by atoms with van der Waals surface area (Å²) in [5, 5.41) is 4.52. The van der Waals surface area contributed by atoms with Crippen molar-refractivity contribution in [2.45, 2.75) is 26.4 Å². The molecular weight excluding hydrogens is 245 g/mol. The first kappa shape index (κ1) is 13.6. The number of nitrogens with one attached hydrogen (secondary N) is 1. The summed E-state index contributed by atoms with van der Waals surface area (Å²) in [6.07, 6.45) is 0. The number of halogens is 2. The van der Waals surface area contributed by atoms with E-state index in [-0.39, 0.29) is 5.60 Å². The van der Waals surface area contributed by atoms with Gasteiger partial charge in [-0.15, -0.1) is 0 Å². The highest BCUT2D eigenvalue weighted by Gasteiger charge is 2.09. The lowest BCUT2D eigenvalue weighted by Crippen LogP contribution is -2.23. The van der Waals surface area contributed by atoms with Crippen molar-refractivity contribution < 1.29 is 4.74 Å². The molecule has 0 fully saturated rings. The van der Waals surface area contributed by atoms with Gasteiger partial charge in [-0.2, -0.15) is 0 Å². The van der Waals surface area contributed by atoms with Gasteiger partial charge in [-0.25, -0.2) is 0 Å². The Morgan fingerprint density at radius 3 is 2.56 bits per heavy atom. The van der Waals surface area contributed by atoms with Crippen LogP contribution in [0.3, 0.4) is 0 Å². The van der Waals surface area contributed by atoms with E-state index >= 15 is 0 Å². The number of benzene rings is 1. The van der Waals surface area contributed by atoms with Gasteiger partial charge in [-0.05, 0) is 39.0 Å². The van der Waals surface area contributed by atoms with E-state index in [2.05, 4.69) is 5.32 Å². The monoisotopic (exact) mass is 261 g/mol. The van der Waals surface area contributed by atoms with Crippen molar-refractivity contribution >= 4 is 28.9 Å². The summed E-state index contributed by atoms with van der Waals surface area (Å²) in [5.41, 5.74) is 0.728. The molecule has 0 saturated heterocycles. The van der Waals surface area contributed by atoms with Crippen LogP contribution in [0.5, 0.6) is 0 Å². The van der Waals surface area contributed by atoms with Gasteiger partial charge in [0.1, 0.15) is 0 Å². The van der Waals surface area contributed by atoms with E-state index in [1.807, 2.05) is 20.8 Å². The molecular formula is C12H17Cl2NO. The Labute approximate surface area is 107 Å². The van der Waals surface area contributed by atoms with Crippen LogP contribution in [0.4, 0.5) is 5.69 Å². The average molecular weight is 262 g/mol. The van der Waals surface area contributed by atoms with E-state index in [9.17, 15) is 0 Å². The Kier molecular flexibility index (Phi) is 4.90. The molecule has 1 aromatic carbocycles. The van der Waals surface area contributed by atoms with Crippen molar-refractivity contribution in [3.8, 4) is 0 Å². The zero-order valence-corrected chi connectivity index (χ0v) is 11.3. The number of ether oxygens (including phenoxy) is 1. The number of hydrogen-bond donors (Lipinski definition) is 1. The molecule has 0 bridgehead atoms. The Bertz CT molecular complexity index is 347. The molecule has 0 aliphatic heterocycles. The molecule has 0 unspecified atom stereocenters. The fourth-order valence-electron chi connectivity index (χ4n) is 1.18. The third-order valence-electron chi connectivity index (χ3n) is 1.88. The summed E-state index contributed by atoms with van der Waals surface area (Å²) in [6, 6.07) is 5.35. The molecule has 1 rings (SSSR count). The predicted octanol–water partition coefficient (Wildman–Crippen LogP) is 4.22. The van der Waals surface area contributed by atoms with Crippen LogP contribution >= 0.6 is 23.2 Å². The van der Waals surface area contributed by atoms with Crippen LogP contribution in [-0.4, -0.2) is 18.8 Å². The lowest BCUT2D eigenvalue weighted by Gasteiger charge is -2.20. The topological polar surface area (TPSA) is 21.3 Å². The summed E-state index contributed by atoms with van der Waals surface area (Å²) in [6.45, 7) is 7.42. The van der Waals surface area contributed by atoms with Gasteiger partial charge in [0, 0.05) is 11.6 Å². The molecule has 0 aromatic heterocycles. The number of anilines is 1. The lowest BCUT2D eigenvalue weighted by molar-refractivity contribution is 0.00333. The first-order valence-corrected chi connectivity index (χ1v) is 5.97. The molecule has 0 radical (unpaired) electrons. The standard InChI is InChI=1S/C12H17Cl2NO/c1-12(2,3)16-7-6-15-11-8-9(13)4-5-10(11)14/h4-5,8,15H,6-7H2,1-3H3. The maximum Gasteiger partial charge on any atom is 0.0646 e. The molecule has 16 heavy (non-hydrogen) atoms. The van der Waals surface area contributed by atoms with Crippen molar-refractivity contribution in [1.29, 1.82) is 0 Å². The van der Waals surface area contributed by atoms with Crippen LogP contribution in [0.15, 0.2) is 18.2 Å². The van der Waals surface area contributed by atoms with Crippen LogP contribution < -0.4 is 5.32 Å². The summed E-state index contributed by atoms with van der Waals surface area (Å²) < 4.78 is 5.58. The minimum Gasteiger partial charge on any atom is -0.381 e. The van der Waals surface area contributed by atoms with E-state index in [4.69, 9.17) is 27.9 Å². The largest absolute Gasteiger partial charge is 0.381 e. The van der Waals surface area contributed by atoms with Crippen LogP contribution in [0.1, 0.15) is 20.8 Å². The molecule has 0 spiro atoms. The first-order valence-electron chi connectivity index (χ1n) is 5.21. The Morgan fingerprint density at radius 2 is 1.94 bits per heavy atom. The minimum atomic E-state index is -0.111. The van der Waals surface area contributed by atoms with Crippen LogP contribution in [0.2, 0.25) is 10.0 Å². The summed E-state index contributed by atoms with van der Waals surface area (Å²) in [4.78, 5) is 0. The highest BCUT2D eigenvalue weighted by molar-refractivity contribution is 6.35. The Balaban J connectivity index is 2.40. The number of hydrogen-bond acceptors (Lipinski definition) is 2. The van der Waals surface area contributed by atoms with Gasteiger partial charge in [0.05, 0.1) is 22.9 Å². The Hall–Kier alpha value is -0.440. The third-order valence-corrected chi connectivity index (χ3v) is 2.45. The molecule has 0 aliphatic rings. The maximum atomic E-state index is 6.00. The zero-order chi connectivity index (χ0) is 12.2. The smallest absolute Gasteiger partial charge is 0.0646 e. The van der Waals surface area contributed by atoms with Crippen molar-refractivity contribution in [3.63, 3.8) is 0 Å². The second-order valence-corrected chi connectivity index (χ2v) is 5.36. The molecule has 0 aliphatic carbocycles. The minimum absolute atomic E-state index is 0.111. The van der Waals surface area contributed by atoms with Crippen LogP contribution in [0.25, 0.3) is 0 Å². The molecule has 1 aromatic rings. The van der Waals surface area contributed by atoms with Gasteiger partial charge in [0.25, 0.3) is 0 Å². The van der Waals surface area contributed by atoms with Gasteiger partial charge in [0.15, 0.2) is 0 Å². The molecule has 0 amide bonds. The highest BCUT2D eigenvalue weighted by Crippen LogP contribution is 2.25. The van der Waals surface area contributed by atoms with E-state index in [1.54, 1.807) is 18.2 Å². The van der Waals surface area contributed by atoms with Crippen LogP contribution in [-0.2, 0) is 4.74 Å². The number of rotatable bonds is 4. The average Bonchev–Trinajstić information content (AvgIpc) is 2.16. The summed E-state index contributed by atoms with van der Waals surface area (Å²) in [5.74, 6) is 0. The Morgan fingerprint density at radius 1 is 1.25 bits per heavy atom. The van der Waals surface area contributed by atoms with Crippen molar-refractivity contribution in [1.82, 2.24) is 0 Å². The van der Waals surface area contributed by atoms with Crippen molar-refractivity contribution in [2.24, 2.45) is 0 Å². The molecule has 2 nitrogen and oxygen atoms in total. The highest BCUT2D eigenvalue weighted by atomic mass is 35.5. The second kappa shape index (κ2) is 5.76. The third kappa shape index (κ3) is 5.06. The zero-order valence-electron chi connectivity index (χ0n) is 9.81. The van der Waals surface area contributed by atoms with Crippen molar-refractivity contribution in [3.05, 3.63) is 28.2 Å². The normalized spacial score (nSPS) is 11.6. The molecule has 90 valence electrons. The molecule has 0 saturated carbocycles. The molecule has 0 atom stereocenters. The van der Waals surface area contributed by atoms with E-state index < -0.39 is 0 Å². The van der Waals surface area contributed by atoms with Crippen molar-refractivity contribution in [2.75, 3.05) is 18.5 Å². The van der Waals surface area contributed by atoms with Crippen LogP contribution in [0, 0.1) is 0 Å². The maximum absolute atomic E-state index is 6.00. The van der Waals surface area contributed by atoms with Gasteiger partial charge in [-0.1, -0.05) is 23.2 Å². The SMILES string of the molecule is CC(C)(C)OCCNc1cc(Cl)ccc1Cl. The van der Waals surface area contributed by atoms with Gasteiger partial charge in [0.2, 0.25) is 0 Å². The quantitative estimate of drug-likeness (QED) is 0.820. The fraction of sp³-hybridized carbons (Fsp3) is 0.500. The summed E-state index contributed by atoms with van der Waals surface area (Å²) >= 11 is 11.9.